The van der Waals surface area contributed by atoms with Crippen LogP contribution in [-0.4, -0.2) is 13.1 Å². The van der Waals surface area contributed by atoms with Crippen molar-refractivity contribution >= 4 is 5.57 Å². The molecule has 0 atom stereocenters. The normalized spacial score (nSPS) is 16.0. The van der Waals surface area contributed by atoms with Crippen LogP contribution in [-0.2, 0) is 0 Å². The van der Waals surface area contributed by atoms with E-state index >= 15 is 0 Å². The SMILES string of the molecule is Fc1cccc(C2=CCNC2)c1F. The monoisotopic (exact) mass is 181 g/mol. The van der Waals surface area contributed by atoms with Gasteiger partial charge in [-0.05, 0) is 11.6 Å². The molecule has 0 saturated heterocycles. The standard InChI is InChI=1S/C10H9F2N/c11-9-3-1-2-8(10(9)12)7-4-5-13-6-7/h1-4,13H,5-6H2. The number of rotatable bonds is 1. The zero-order valence-corrected chi connectivity index (χ0v) is 6.98. The van der Waals surface area contributed by atoms with Gasteiger partial charge in [-0.1, -0.05) is 18.2 Å². The highest BCUT2D eigenvalue weighted by Gasteiger charge is 2.13. The van der Waals surface area contributed by atoms with Gasteiger partial charge in [0.2, 0.25) is 0 Å². The Bertz CT molecular complexity index is 358. The molecule has 0 spiro atoms. The van der Waals surface area contributed by atoms with Gasteiger partial charge in [0.15, 0.2) is 11.6 Å². The molecule has 13 heavy (non-hydrogen) atoms. The lowest BCUT2D eigenvalue weighted by Gasteiger charge is -2.03. The molecule has 0 unspecified atom stereocenters. The number of hydrogen-bond donors (Lipinski definition) is 1. The molecule has 3 heteroatoms. The first kappa shape index (κ1) is 8.38. The summed E-state index contributed by atoms with van der Waals surface area (Å²) in [6, 6.07) is 4.24. The number of halogens is 2. The fourth-order valence-corrected chi connectivity index (χ4v) is 1.43. The van der Waals surface area contributed by atoms with E-state index < -0.39 is 11.6 Å². The Morgan fingerprint density at radius 1 is 1.23 bits per heavy atom. The minimum atomic E-state index is -0.787. The summed E-state index contributed by atoms with van der Waals surface area (Å²) in [5.41, 5.74) is 1.20. The van der Waals surface area contributed by atoms with Crippen LogP contribution < -0.4 is 5.32 Å². The molecule has 1 N–H and O–H groups in total. The van der Waals surface area contributed by atoms with Crippen LogP contribution in [0.5, 0.6) is 0 Å². The van der Waals surface area contributed by atoms with Crippen LogP contribution in [0.15, 0.2) is 24.3 Å². The summed E-state index contributed by atoms with van der Waals surface area (Å²) in [7, 11) is 0. The predicted molar refractivity (Wildman–Crippen MR) is 47.2 cm³/mol. The lowest BCUT2D eigenvalue weighted by molar-refractivity contribution is 0.506. The van der Waals surface area contributed by atoms with E-state index in [0.717, 1.165) is 18.2 Å². The van der Waals surface area contributed by atoms with E-state index in [0.29, 0.717) is 12.1 Å². The second-order valence-corrected chi connectivity index (χ2v) is 2.96. The number of hydrogen-bond acceptors (Lipinski definition) is 1. The Kier molecular flexibility index (Phi) is 2.10. The van der Waals surface area contributed by atoms with Crippen LogP contribution in [0.3, 0.4) is 0 Å². The Balaban J connectivity index is 2.45. The Labute approximate surface area is 75.1 Å². The summed E-state index contributed by atoms with van der Waals surface area (Å²) in [5.74, 6) is -1.54. The van der Waals surface area contributed by atoms with Crippen LogP contribution >= 0.6 is 0 Å². The first-order chi connectivity index (χ1) is 6.29. The molecule has 1 aromatic rings. The lowest BCUT2D eigenvalue weighted by Crippen LogP contribution is -2.08. The smallest absolute Gasteiger partial charge is 0.166 e. The number of nitrogens with one attached hydrogen (secondary N) is 1. The molecule has 1 aliphatic rings. The molecule has 0 aliphatic carbocycles. The average molecular weight is 181 g/mol. The maximum absolute atomic E-state index is 13.2. The molecule has 0 bridgehead atoms. The van der Waals surface area contributed by atoms with Crippen LogP contribution in [0, 0.1) is 11.6 Å². The van der Waals surface area contributed by atoms with Crippen molar-refractivity contribution in [2.75, 3.05) is 13.1 Å². The fraction of sp³-hybridized carbons (Fsp3) is 0.200. The van der Waals surface area contributed by atoms with Gasteiger partial charge in [0, 0.05) is 18.7 Å². The van der Waals surface area contributed by atoms with Crippen LogP contribution in [0.25, 0.3) is 5.57 Å². The molecule has 0 radical (unpaired) electrons. The van der Waals surface area contributed by atoms with Crippen molar-refractivity contribution in [3.8, 4) is 0 Å². The molecule has 1 aromatic carbocycles. The lowest BCUT2D eigenvalue weighted by atomic mass is 10.1. The molecule has 1 nitrogen and oxygen atoms in total. The quantitative estimate of drug-likeness (QED) is 0.698. The molecule has 0 aromatic heterocycles. The van der Waals surface area contributed by atoms with Gasteiger partial charge >= 0.3 is 0 Å². The molecule has 2 rings (SSSR count). The fourth-order valence-electron chi connectivity index (χ4n) is 1.43. The summed E-state index contributed by atoms with van der Waals surface area (Å²) in [6.07, 6.45) is 1.87. The van der Waals surface area contributed by atoms with Crippen LogP contribution in [0.4, 0.5) is 8.78 Å². The second-order valence-electron chi connectivity index (χ2n) is 2.96. The molecule has 68 valence electrons. The van der Waals surface area contributed by atoms with Gasteiger partial charge in [-0.3, -0.25) is 0 Å². The third kappa shape index (κ3) is 1.47. The second kappa shape index (κ2) is 3.26. The van der Waals surface area contributed by atoms with Crippen LogP contribution in [0.2, 0.25) is 0 Å². The zero-order chi connectivity index (χ0) is 9.26. The van der Waals surface area contributed by atoms with Gasteiger partial charge in [-0.15, -0.1) is 0 Å². The Hall–Kier alpha value is -1.22. The van der Waals surface area contributed by atoms with E-state index in [-0.39, 0.29) is 0 Å². The van der Waals surface area contributed by atoms with Crippen molar-refractivity contribution in [2.24, 2.45) is 0 Å². The van der Waals surface area contributed by atoms with Gasteiger partial charge in [0.1, 0.15) is 0 Å². The van der Waals surface area contributed by atoms with E-state index in [4.69, 9.17) is 0 Å². The Morgan fingerprint density at radius 3 is 2.77 bits per heavy atom. The van der Waals surface area contributed by atoms with Gasteiger partial charge in [0.25, 0.3) is 0 Å². The van der Waals surface area contributed by atoms with Gasteiger partial charge in [-0.25, -0.2) is 8.78 Å². The van der Waals surface area contributed by atoms with Crippen molar-refractivity contribution in [1.82, 2.24) is 5.32 Å². The minimum Gasteiger partial charge on any atom is -0.309 e. The van der Waals surface area contributed by atoms with Crippen molar-refractivity contribution in [3.05, 3.63) is 41.5 Å². The van der Waals surface area contributed by atoms with Crippen molar-refractivity contribution in [1.29, 1.82) is 0 Å². The predicted octanol–water partition coefficient (Wildman–Crippen LogP) is 1.95. The van der Waals surface area contributed by atoms with Crippen molar-refractivity contribution in [2.45, 2.75) is 0 Å². The summed E-state index contributed by atoms with van der Waals surface area (Å²) in [6.45, 7) is 1.34. The summed E-state index contributed by atoms with van der Waals surface area (Å²) in [5, 5.41) is 3.04. The Morgan fingerprint density at radius 2 is 2.08 bits per heavy atom. The maximum atomic E-state index is 13.2. The van der Waals surface area contributed by atoms with E-state index in [9.17, 15) is 8.78 Å². The minimum absolute atomic E-state index is 0.366. The highest BCUT2D eigenvalue weighted by molar-refractivity contribution is 5.69. The van der Waals surface area contributed by atoms with E-state index in [1.54, 1.807) is 6.07 Å². The van der Waals surface area contributed by atoms with E-state index in [1.807, 2.05) is 6.08 Å². The van der Waals surface area contributed by atoms with E-state index in [1.165, 1.54) is 6.07 Å². The molecule has 1 heterocycles. The average Bonchev–Trinajstić information content (AvgIpc) is 2.62. The third-order valence-corrected chi connectivity index (χ3v) is 2.11. The maximum Gasteiger partial charge on any atom is 0.166 e. The van der Waals surface area contributed by atoms with Crippen molar-refractivity contribution < 1.29 is 8.78 Å². The highest BCUT2D eigenvalue weighted by Crippen LogP contribution is 2.21. The highest BCUT2D eigenvalue weighted by atomic mass is 19.2. The summed E-state index contributed by atoms with van der Waals surface area (Å²) < 4.78 is 26.0. The van der Waals surface area contributed by atoms with Gasteiger partial charge in [-0.2, -0.15) is 0 Å². The largest absolute Gasteiger partial charge is 0.309 e. The summed E-state index contributed by atoms with van der Waals surface area (Å²) in [4.78, 5) is 0. The van der Waals surface area contributed by atoms with Crippen LogP contribution in [0.1, 0.15) is 5.56 Å². The third-order valence-electron chi connectivity index (χ3n) is 2.11. The summed E-state index contributed by atoms with van der Waals surface area (Å²) >= 11 is 0. The van der Waals surface area contributed by atoms with Gasteiger partial charge in [0.05, 0.1) is 0 Å². The first-order valence-corrected chi connectivity index (χ1v) is 4.13. The molecular weight excluding hydrogens is 172 g/mol. The molecule has 0 saturated carbocycles. The van der Waals surface area contributed by atoms with Crippen molar-refractivity contribution in [3.63, 3.8) is 0 Å². The van der Waals surface area contributed by atoms with E-state index in [2.05, 4.69) is 5.32 Å². The molecule has 1 aliphatic heterocycles. The first-order valence-electron chi connectivity index (χ1n) is 4.13. The zero-order valence-electron chi connectivity index (χ0n) is 6.98. The molecule has 0 fully saturated rings. The molecular formula is C10H9F2N. The molecule has 0 amide bonds. The van der Waals surface area contributed by atoms with Gasteiger partial charge < -0.3 is 5.32 Å². The number of benzene rings is 1. The topological polar surface area (TPSA) is 12.0 Å².